The molecule has 0 fully saturated rings. The fourth-order valence-electron chi connectivity index (χ4n) is 1.59. The lowest BCUT2D eigenvalue weighted by Gasteiger charge is -2.25. The Balaban J connectivity index is 2.64. The Bertz CT molecular complexity index is 310. The van der Waals surface area contributed by atoms with Crippen LogP contribution in [0.3, 0.4) is 0 Å². The van der Waals surface area contributed by atoms with Gasteiger partial charge in [0.05, 0.1) is 5.02 Å². The molecule has 0 aromatic carbocycles. The van der Waals surface area contributed by atoms with Gasteiger partial charge < -0.3 is 5.32 Å². The minimum absolute atomic E-state index is 0.223. The van der Waals surface area contributed by atoms with Crippen LogP contribution in [0.15, 0.2) is 18.5 Å². The number of hydrogen-bond acceptors (Lipinski definition) is 2. The Labute approximate surface area is 97.1 Å². The lowest BCUT2D eigenvalue weighted by atomic mass is 9.86. The minimum Gasteiger partial charge on any atom is -0.316 e. The summed E-state index contributed by atoms with van der Waals surface area (Å²) in [7, 11) is 0. The molecule has 0 radical (unpaired) electrons. The van der Waals surface area contributed by atoms with Crippen molar-refractivity contribution in [1.82, 2.24) is 10.3 Å². The summed E-state index contributed by atoms with van der Waals surface area (Å²) >= 11 is 6.08. The first-order chi connectivity index (χ1) is 7.05. The van der Waals surface area contributed by atoms with Crippen molar-refractivity contribution in [2.24, 2.45) is 5.41 Å². The molecule has 1 aromatic rings. The number of pyridine rings is 1. The van der Waals surface area contributed by atoms with Gasteiger partial charge in [0.2, 0.25) is 0 Å². The van der Waals surface area contributed by atoms with Gasteiger partial charge in [-0.3, -0.25) is 4.98 Å². The smallest absolute Gasteiger partial charge is 0.0621 e. The van der Waals surface area contributed by atoms with Crippen LogP contribution in [0.4, 0.5) is 0 Å². The van der Waals surface area contributed by atoms with E-state index in [1.807, 2.05) is 6.07 Å². The van der Waals surface area contributed by atoms with Crippen molar-refractivity contribution in [3.8, 4) is 0 Å². The Morgan fingerprint density at radius 2 is 2.20 bits per heavy atom. The number of nitrogens with one attached hydrogen (secondary N) is 1. The van der Waals surface area contributed by atoms with E-state index < -0.39 is 0 Å². The Morgan fingerprint density at radius 3 is 2.80 bits per heavy atom. The van der Waals surface area contributed by atoms with E-state index in [0.29, 0.717) is 0 Å². The van der Waals surface area contributed by atoms with Gasteiger partial charge in [-0.2, -0.15) is 0 Å². The summed E-state index contributed by atoms with van der Waals surface area (Å²) in [5, 5.41) is 4.14. The normalized spacial score (nSPS) is 11.7. The maximum atomic E-state index is 6.08. The standard InChI is InChI=1S/C12H19ClN2/c1-4-14-9-12(2,3)7-10-5-6-15-8-11(10)13/h5-6,8,14H,4,7,9H2,1-3H3. The van der Waals surface area contributed by atoms with Crippen molar-refractivity contribution >= 4 is 11.6 Å². The highest BCUT2D eigenvalue weighted by molar-refractivity contribution is 6.31. The molecule has 0 aliphatic rings. The van der Waals surface area contributed by atoms with Gasteiger partial charge in [0.25, 0.3) is 0 Å². The van der Waals surface area contributed by atoms with Crippen LogP contribution in [0, 0.1) is 5.41 Å². The van der Waals surface area contributed by atoms with Gasteiger partial charge in [0.1, 0.15) is 0 Å². The van der Waals surface area contributed by atoms with Gasteiger partial charge in [0, 0.05) is 18.9 Å². The zero-order valence-electron chi connectivity index (χ0n) is 9.68. The highest BCUT2D eigenvalue weighted by Crippen LogP contribution is 2.24. The zero-order chi connectivity index (χ0) is 11.3. The number of hydrogen-bond donors (Lipinski definition) is 1. The number of aromatic nitrogens is 1. The first-order valence-electron chi connectivity index (χ1n) is 5.34. The van der Waals surface area contributed by atoms with Crippen LogP contribution in [0.25, 0.3) is 0 Å². The van der Waals surface area contributed by atoms with Gasteiger partial charge in [0.15, 0.2) is 0 Å². The first kappa shape index (κ1) is 12.5. The molecule has 84 valence electrons. The Morgan fingerprint density at radius 1 is 1.47 bits per heavy atom. The van der Waals surface area contributed by atoms with Crippen LogP contribution >= 0.6 is 11.6 Å². The second-order valence-corrected chi connectivity index (χ2v) is 5.00. The van der Waals surface area contributed by atoms with E-state index in [9.17, 15) is 0 Å². The minimum atomic E-state index is 0.223. The second-order valence-electron chi connectivity index (χ2n) is 4.59. The van der Waals surface area contributed by atoms with Crippen LogP contribution in [-0.2, 0) is 6.42 Å². The van der Waals surface area contributed by atoms with Crippen molar-refractivity contribution in [1.29, 1.82) is 0 Å². The molecule has 0 spiro atoms. The van der Waals surface area contributed by atoms with Crippen LogP contribution in [0.5, 0.6) is 0 Å². The number of nitrogens with zero attached hydrogens (tertiary/aromatic N) is 1. The van der Waals surface area contributed by atoms with Crippen LogP contribution in [-0.4, -0.2) is 18.1 Å². The quantitative estimate of drug-likeness (QED) is 0.835. The molecule has 0 aliphatic carbocycles. The van der Waals surface area contributed by atoms with E-state index in [0.717, 1.165) is 24.5 Å². The van der Waals surface area contributed by atoms with Crippen molar-refractivity contribution in [2.45, 2.75) is 27.2 Å². The highest BCUT2D eigenvalue weighted by atomic mass is 35.5. The van der Waals surface area contributed by atoms with Gasteiger partial charge in [-0.05, 0) is 30.0 Å². The summed E-state index contributed by atoms with van der Waals surface area (Å²) in [6.45, 7) is 8.62. The molecule has 15 heavy (non-hydrogen) atoms. The molecule has 1 rings (SSSR count). The first-order valence-corrected chi connectivity index (χ1v) is 5.72. The molecule has 2 nitrogen and oxygen atoms in total. The molecule has 0 bridgehead atoms. The molecule has 0 amide bonds. The van der Waals surface area contributed by atoms with E-state index >= 15 is 0 Å². The van der Waals surface area contributed by atoms with Crippen LogP contribution in [0.1, 0.15) is 26.3 Å². The van der Waals surface area contributed by atoms with Gasteiger partial charge in [-0.25, -0.2) is 0 Å². The van der Waals surface area contributed by atoms with Gasteiger partial charge >= 0.3 is 0 Å². The monoisotopic (exact) mass is 226 g/mol. The van der Waals surface area contributed by atoms with E-state index in [2.05, 4.69) is 31.1 Å². The fourth-order valence-corrected chi connectivity index (χ4v) is 1.77. The fraction of sp³-hybridized carbons (Fsp3) is 0.583. The van der Waals surface area contributed by atoms with Crippen LogP contribution in [0.2, 0.25) is 5.02 Å². The third-order valence-electron chi connectivity index (χ3n) is 2.38. The maximum absolute atomic E-state index is 6.08. The molecular formula is C12H19ClN2. The van der Waals surface area contributed by atoms with E-state index in [1.54, 1.807) is 12.4 Å². The molecule has 1 heterocycles. The van der Waals surface area contributed by atoms with Crippen molar-refractivity contribution in [3.05, 3.63) is 29.0 Å². The molecule has 0 aliphatic heterocycles. The summed E-state index contributed by atoms with van der Waals surface area (Å²) in [4.78, 5) is 3.99. The van der Waals surface area contributed by atoms with Crippen molar-refractivity contribution < 1.29 is 0 Å². The highest BCUT2D eigenvalue weighted by Gasteiger charge is 2.18. The van der Waals surface area contributed by atoms with Gasteiger partial charge in [-0.1, -0.05) is 32.4 Å². The van der Waals surface area contributed by atoms with E-state index in [4.69, 9.17) is 11.6 Å². The topological polar surface area (TPSA) is 24.9 Å². The van der Waals surface area contributed by atoms with Crippen molar-refractivity contribution in [3.63, 3.8) is 0 Å². The molecule has 3 heteroatoms. The lowest BCUT2D eigenvalue weighted by Crippen LogP contribution is -2.31. The van der Waals surface area contributed by atoms with E-state index in [-0.39, 0.29) is 5.41 Å². The predicted molar refractivity (Wildman–Crippen MR) is 65.3 cm³/mol. The molecule has 1 aromatic heterocycles. The molecule has 1 N–H and O–H groups in total. The summed E-state index contributed by atoms with van der Waals surface area (Å²) < 4.78 is 0. The summed E-state index contributed by atoms with van der Waals surface area (Å²) in [6.07, 6.45) is 4.48. The molecule has 0 saturated carbocycles. The summed E-state index contributed by atoms with van der Waals surface area (Å²) in [6, 6.07) is 2.00. The number of rotatable bonds is 5. The predicted octanol–water partition coefficient (Wildman–Crippen LogP) is 2.91. The largest absolute Gasteiger partial charge is 0.316 e. The lowest BCUT2D eigenvalue weighted by molar-refractivity contribution is 0.342. The molecular weight excluding hydrogens is 208 g/mol. The average molecular weight is 227 g/mol. The number of halogens is 1. The Kier molecular flexibility index (Phi) is 4.55. The summed E-state index contributed by atoms with van der Waals surface area (Å²) in [5.74, 6) is 0. The van der Waals surface area contributed by atoms with Crippen LogP contribution < -0.4 is 5.32 Å². The molecule has 0 saturated heterocycles. The maximum Gasteiger partial charge on any atom is 0.0621 e. The Hall–Kier alpha value is -0.600. The second kappa shape index (κ2) is 5.47. The molecule has 0 unspecified atom stereocenters. The third-order valence-corrected chi connectivity index (χ3v) is 2.72. The molecule has 0 atom stereocenters. The van der Waals surface area contributed by atoms with E-state index in [1.165, 1.54) is 5.56 Å². The SMILES string of the molecule is CCNCC(C)(C)Cc1ccncc1Cl. The zero-order valence-corrected chi connectivity index (χ0v) is 10.4. The third kappa shape index (κ3) is 4.18. The average Bonchev–Trinajstić information content (AvgIpc) is 2.18. The van der Waals surface area contributed by atoms with Gasteiger partial charge in [-0.15, -0.1) is 0 Å². The summed E-state index contributed by atoms with van der Waals surface area (Å²) in [5.41, 5.74) is 1.40. The van der Waals surface area contributed by atoms with Crippen molar-refractivity contribution in [2.75, 3.05) is 13.1 Å².